The second kappa shape index (κ2) is 7.04. The summed E-state index contributed by atoms with van der Waals surface area (Å²) in [5.74, 6) is -1.40. The molecule has 0 spiro atoms. The smallest absolute Gasteiger partial charge is 0.350 e. The molecule has 1 aliphatic rings. The van der Waals surface area contributed by atoms with Crippen LogP contribution < -0.4 is 5.32 Å². The maximum absolute atomic E-state index is 13.4. The quantitative estimate of drug-likeness (QED) is 0.865. The summed E-state index contributed by atoms with van der Waals surface area (Å²) in [6.07, 6.45) is -1.79. The van der Waals surface area contributed by atoms with E-state index < -0.39 is 24.5 Å². The molecule has 8 heteroatoms. The highest BCUT2D eigenvalue weighted by atomic mass is 19.4. The van der Waals surface area contributed by atoms with Crippen LogP contribution in [-0.4, -0.2) is 41.6 Å². The van der Waals surface area contributed by atoms with Crippen LogP contribution in [0.25, 0.3) is 0 Å². The minimum atomic E-state index is -4.27. The van der Waals surface area contributed by atoms with Gasteiger partial charge in [-0.15, -0.1) is 0 Å². The molecule has 0 aliphatic carbocycles. The van der Waals surface area contributed by atoms with Gasteiger partial charge >= 0.3 is 6.18 Å². The molecule has 1 saturated heterocycles. The first-order valence-electron chi connectivity index (χ1n) is 7.01. The third kappa shape index (κ3) is 4.94. The lowest BCUT2D eigenvalue weighted by Gasteiger charge is -2.32. The number of nitrogens with zero attached hydrogens (tertiary/aromatic N) is 2. The van der Waals surface area contributed by atoms with Crippen molar-refractivity contribution in [2.24, 2.45) is 5.92 Å². The maximum Gasteiger partial charge on any atom is 0.401 e. The third-order valence-electron chi connectivity index (χ3n) is 3.54. The number of alkyl halides is 3. The van der Waals surface area contributed by atoms with E-state index in [9.17, 15) is 22.4 Å². The fraction of sp³-hybridized carbons (Fsp3) is 0.571. The molecule has 0 aromatic carbocycles. The Kier molecular flexibility index (Phi) is 5.33. The summed E-state index contributed by atoms with van der Waals surface area (Å²) >= 11 is 0. The lowest BCUT2D eigenvalue weighted by molar-refractivity contribution is -0.152. The number of amides is 1. The molecule has 1 atom stereocenters. The molecule has 1 aliphatic heterocycles. The summed E-state index contributed by atoms with van der Waals surface area (Å²) in [7, 11) is 0. The zero-order chi connectivity index (χ0) is 16.2. The minimum Gasteiger partial charge on any atom is -0.350 e. The average Bonchev–Trinajstić information content (AvgIpc) is 2.44. The number of piperidine rings is 1. The lowest BCUT2D eigenvalue weighted by atomic mass is 9.97. The molecular weight excluding hydrogens is 302 g/mol. The van der Waals surface area contributed by atoms with E-state index in [0.717, 1.165) is 0 Å². The number of carbonyl (C=O) groups excluding carboxylic acids is 1. The van der Waals surface area contributed by atoms with Gasteiger partial charge in [0.25, 0.3) is 0 Å². The maximum atomic E-state index is 13.4. The second-order valence-electron chi connectivity index (χ2n) is 5.34. The molecule has 1 fully saturated rings. The molecule has 1 N–H and O–H groups in total. The van der Waals surface area contributed by atoms with Gasteiger partial charge in [-0.25, -0.2) is 4.39 Å². The van der Waals surface area contributed by atoms with Crippen LogP contribution >= 0.6 is 0 Å². The van der Waals surface area contributed by atoms with Crippen molar-refractivity contribution in [1.82, 2.24) is 15.2 Å². The first kappa shape index (κ1) is 16.7. The number of hydrogen-bond donors (Lipinski definition) is 1. The largest absolute Gasteiger partial charge is 0.401 e. The molecule has 0 saturated carbocycles. The van der Waals surface area contributed by atoms with Crippen LogP contribution in [0.15, 0.2) is 18.3 Å². The Hall–Kier alpha value is -1.70. The summed E-state index contributed by atoms with van der Waals surface area (Å²) in [5.41, 5.74) is 0.110. The van der Waals surface area contributed by atoms with E-state index in [4.69, 9.17) is 0 Å². The van der Waals surface area contributed by atoms with Crippen molar-refractivity contribution < 1.29 is 22.4 Å². The predicted molar refractivity (Wildman–Crippen MR) is 71.3 cm³/mol. The topological polar surface area (TPSA) is 45.2 Å². The first-order chi connectivity index (χ1) is 10.3. The van der Waals surface area contributed by atoms with Gasteiger partial charge in [0, 0.05) is 12.7 Å². The highest BCUT2D eigenvalue weighted by Gasteiger charge is 2.34. The molecule has 22 heavy (non-hydrogen) atoms. The lowest BCUT2D eigenvalue weighted by Crippen LogP contribution is -2.46. The summed E-state index contributed by atoms with van der Waals surface area (Å²) in [6, 6.07) is 2.68. The predicted octanol–water partition coefficient (Wildman–Crippen LogP) is 2.11. The van der Waals surface area contributed by atoms with Crippen molar-refractivity contribution in [3.63, 3.8) is 0 Å². The Morgan fingerprint density at radius 1 is 1.45 bits per heavy atom. The van der Waals surface area contributed by atoms with Crippen molar-refractivity contribution in [3.8, 4) is 0 Å². The number of rotatable bonds is 4. The van der Waals surface area contributed by atoms with Gasteiger partial charge in [0.05, 0.1) is 24.7 Å². The SMILES string of the molecule is O=C(NCc1ncccc1F)[C@@H]1CCCN(CC(F)(F)F)C1. The number of halogens is 4. The summed E-state index contributed by atoms with van der Waals surface area (Å²) in [5, 5.41) is 2.54. The van der Waals surface area contributed by atoms with Gasteiger partial charge in [-0.2, -0.15) is 13.2 Å². The van der Waals surface area contributed by atoms with Crippen molar-refractivity contribution in [3.05, 3.63) is 29.8 Å². The summed E-state index contributed by atoms with van der Waals surface area (Å²) < 4.78 is 50.6. The fourth-order valence-electron chi connectivity index (χ4n) is 2.53. The number of nitrogens with one attached hydrogen (secondary N) is 1. The molecule has 0 unspecified atom stereocenters. The Bertz CT molecular complexity index is 521. The van der Waals surface area contributed by atoms with Gasteiger partial charge in [-0.3, -0.25) is 14.7 Å². The standard InChI is InChI=1S/C14H17F4N3O/c15-11-4-1-5-19-12(11)7-20-13(22)10-3-2-6-21(8-10)9-14(16,17)18/h1,4-5,10H,2-3,6-9H2,(H,20,22)/t10-/m1/s1. The van der Waals surface area contributed by atoms with Gasteiger partial charge in [0.15, 0.2) is 0 Å². The Balaban J connectivity index is 1.85. The highest BCUT2D eigenvalue weighted by molar-refractivity contribution is 5.78. The van der Waals surface area contributed by atoms with Crippen LogP contribution in [0.3, 0.4) is 0 Å². The molecule has 122 valence electrons. The minimum absolute atomic E-state index is 0.0655. The van der Waals surface area contributed by atoms with E-state index in [-0.39, 0.29) is 24.7 Å². The fourth-order valence-corrected chi connectivity index (χ4v) is 2.53. The van der Waals surface area contributed by atoms with Gasteiger partial charge in [0.1, 0.15) is 5.82 Å². The van der Waals surface area contributed by atoms with E-state index in [1.165, 1.54) is 23.2 Å². The zero-order valence-electron chi connectivity index (χ0n) is 11.9. The first-order valence-corrected chi connectivity index (χ1v) is 7.01. The van der Waals surface area contributed by atoms with E-state index in [1.54, 1.807) is 0 Å². The van der Waals surface area contributed by atoms with Gasteiger partial charge in [-0.05, 0) is 31.5 Å². The number of pyridine rings is 1. The van der Waals surface area contributed by atoms with E-state index >= 15 is 0 Å². The van der Waals surface area contributed by atoms with Crippen molar-refractivity contribution in [1.29, 1.82) is 0 Å². The zero-order valence-corrected chi connectivity index (χ0v) is 11.9. The van der Waals surface area contributed by atoms with Gasteiger partial charge in [-0.1, -0.05) is 0 Å². The number of carbonyl (C=O) groups is 1. The van der Waals surface area contributed by atoms with Crippen LogP contribution in [0.2, 0.25) is 0 Å². The monoisotopic (exact) mass is 319 g/mol. The van der Waals surface area contributed by atoms with E-state index in [2.05, 4.69) is 10.3 Å². The van der Waals surface area contributed by atoms with E-state index in [0.29, 0.717) is 19.4 Å². The van der Waals surface area contributed by atoms with Gasteiger partial charge in [0.2, 0.25) is 5.91 Å². The van der Waals surface area contributed by atoms with E-state index in [1.807, 2.05) is 0 Å². The van der Waals surface area contributed by atoms with Crippen LogP contribution in [0.5, 0.6) is 0 Å². The van der Waals surface area contributed by atoms with Crippen LogP contribution in [-0.2, 0) is 11.3 Å². The molecule has 1 aromatic rings. The highest BCUT2D eigenvalue weighted by Crippen LogP contribution is 2.22. The molecule has 2 heterocycles. The van der Waals surface area contributed by atoms with Crippen molar-refractivity contribution in [2.45, 2.75) is 25.6 Å². The number of hydrogen-bond acceptors (Lipinski definition) is 3. The molecule has 1 amide bonds. The van der Waals surface area contributed by atoms with Crippen molar-refractivity contribution in [2.75, 3.05) is 19.6 Å². The number of likely N-dealkylation sites (tertiary alicyclic amines) is 1. The number of aromatic nitrogens is 1. The molecule has 2 rings (SSSR count). The Morgan fingerprint density at radius 3 is 2.91 bits per heavy atom. The van der Waals surface area contributed by atoms with Crippen molar-refractivity contribution >= 4 is 5.91 Å². The molecule has 0 bridgehead atoms. The van der Waals surface area contributed by atoms with Crippen LogP contribution in [0, 0.1) is 11.7 Å². The van der Waals surface area contributed by atoms with Gasteiger partial charge < -0.3 is 5.32 Å². The molecule has 4 nitrogen and oxygen atoms in total. The summed E-state index contributed by atoms with van der Waals surface area (Å²) in [4.78, 5) is 17.1. The average molecular weight is 319 g/mol. The Morgan fingerprint density at radius 2 is 2.23 bits per heavy atom. The normalized spacial score (nSPS) is 19.9. The van der Waals surface area contributed by atoms with Crippen LogP contribution in [0.1, 0.15) is 18.5 Å². The summed E-state index contributed by atoms with van der Waals surface area (Å²) in [6.45, 7) is -0.679. The third-order valence-corrected chi connectivity index (χ3v) is 3.54. The Labute approximate surface area is 125 Å². The second-order valence-corrected chi connectivity index (χ2v) is 5.34. The molecular formula is C14H17F4N3O. The molecule has 0 radical (unpaired) electrons. The molecule has 1 aromatic heterocycles. The van der Waals surface area contributed by atoms with Crippen LogP contribution in [0.4, 0.5) is 17.6 Å².